The fourth-order valence-corrected chi connectivity index (χ4v) is 5.98. The first-order valence-electron chi connectivity index (χ1n) is 12.2. The Morgan fingerprint density at radius 1 is 1.11 bits per heavy atom. The summed E-state index contributed by atoms with van der Waals surface area (Å²) >= 11 is 0. The number of nitrogens with one attached hydrogen (secondary N) is 3. The topological polar surface area (TPSA) is 133 Å². The highest BCUT2D eigenvalue weighted by atomic mass is 32.2. The van der Waals surface area contributed by atoms with Gasteiger partial charge in [-0.25, -0.2) is 8.42 Å². The third-order valence-corrected chi connectivity index (χ3v) is 8.32. The molecule has 0 spiro atoms. The number of carbonyl (C=O) groups excluding carboxylic acids is 1. The van der Waals surface area contributed by atoms with E-state index < -0.39 is 10.0 Å². The van der Waals surface area contributed by atoms with Crippen molar-refractivity contribution >= 4 is 32.5 Å². The molecule has 3 N–H and O–H groups in total. The van der Waals surface area contributed by atoms with Crippen molar-refractivity contribution in [3.63, 3.8) is 0 Å². The maximum atomic E-state index is 13.4. The molecule has 3 aromatic heterocycles. The predicted octanol–water partition coefficient (Wildman–Crippen LogP) is 3.42. The van der Waals surface area contributed by atoms with Crippen LogP contribution < -0.4 is 10.6 Å². The molecular weight excluding hydrogens is 490 g/mol. The van der Waals surface area contributed by atoms with Crippen LogP contribution in [-0.2, 0) is 10.0 Å². The van der Waals surface area contributed by atoms with Crippen molar-refractivity contribution in [1.82, 2.24) is 29.8 Å². The normalized spacial score (nSPS) is 15.2. The summed E-state index contributed by atoms with van der Waals surface area (Å²) in [5.41, 5.74) is 3.87. The SMILES string of the molecule is CC(C)Nc1c(C(=O)NC2CCN(S(=O)(=O)c3cccnc3)CC2)cnc2ccc(-c3cn[nH]c3)cc12. The van der Waals surface area contributed by atoms with Crippen LogP contribution >= 0.6 is 0 Å². The van der Waals surface area contributed by atoms with Crippen LogP contribution in [0.1, 0.15) is 37.0 Å². The minimum atomic E-state index is -3.60. The van der Waals surface area contributed by atoms with Crippen LogP contribution in [-0.4, -0.2) is 64.0 Å². The first-order valence-corrected chi connectivity index (χ1v) is 13.7. The number of H-pyrrole nitrogens is 1. The van der Waals surface area contributed by atoms with Crippen molar-refractivity contribution in [2.75, 3.05) is 18.4 Å². The molecule has 37 heavy (non-hydrogen) atoms. The second-order valence-corrected chi connectivity index (χ2v) is 11.3. The Labute approximate surface area is 215 Å². The lowest BCUT2D eigenvalue weighted by Gasteiger charge is -2.31. The van der Waals surface area contributed by atoms with E-state index in [0.29, 0.717) is 31.5 Å². The highest BCUT2D eigenvalue weighted by Gasteiger charge is 2.30. The molecule has 1 aromatic carbocycles. The molecule has 192 valence electrons. The number of pyridine rings is 2. The second kappa shape index (κ2) is 10.3. The number of carbonyl (C=O) groups is 1. The van der Waals surface area contributed by atoms with E-state index in [0.717, 1.165) is 27.7 Å². The number of hydrogen-bond acceptors (Lipinski definition) is 7. The van der Waals surface area contributed by atoms with Crippen molar-refractivity contribution in [2.24, 2.45) is 0 Å². The van der Waals surface area contributed by atoms with E-state index in [1.165, 1.54) is 10.5 Å². The minimum absolute atomic E-state index is 0.0932. The Morgan fingerprint density at radius 2 is 1.92 bits per heavy atom. The van der Waals surface area contributed by atoms with Crippen LogP contribution in [0.15, 0.2) is 66.2 Å². The van der Waals surface area contributed by atoms with Crippen LogP contribution in [0, 0.1) is 0 Å². The highest BCUT2D eigenvalue weighted by molar-refractivity contribution is 7.89. The number of nitrogens with zero attached hydrogens (tertiary/aromatic N) is 4. The lowest BCUT2D eigenvalue weighted by molar-refractivity contribution is 0.0924. The number of aromatic amines is 1. The van der Waals surface area contributed by atoms with Gasteiger partial charge in [0.15, 0.2) is 0 Å². The second-order valence-electron chi connectivity index (χ2n) is 9.41. The van der Waals surface area contributed by atoms with Gasteiger partial charge in [-0.1, -0.05) is 6.07 Å². The zero-order valence-corrected chi connectivity index (χ0v) is 21.5. The maximum Gasteiger partial charge on any atom is 0.255 e. The summed E-state index contributed by atoms with van der Waals surface area (Å²) in [6, 6.07) is 9.03. The lowest BCUT2D eigenvalue weighted by atomic mass is 10.0. The van der Waals surface area contributed by atoms with Gasteiger partial charge in [0.05, 0.1) is 23.0 Å². The molecule has 1 saturated heterocycles. The number of rotatable bonds is 7. The van der Waals surface area contributed by atoms with Gasteiger partial charge in [-0.2, -0.15) is 9.40 Å². The zero-order valence-electron chi connectivity index (χ0n) is 20.7. The Kier molecular flexibility index (Phi) is 6.90. The van der Waals surface area contributed by atoms with E-state index in [2.05, 4.69) is 30.8 Å². The summed E-state index contributed by atoms with van der Waals surface area (Å²) in [4.78, 5) is 22.1. The number of piperidine rings is 1. The average Bonchev–Trinajstić information content (AvgIpc) is 3.44. The van der Waals surface area contributed by atoms with E-state index in [4.69, 9.17) is 0 Å². The summed E-state index contributed by atoms with van der Waals surface area (Å²) in [6.45, 7) is 4.69. The lowest BCUT2D eigenvalue weighted by Crippen LogP contribution is -2.46. The van der Waals surface area contributed by atoms with Crippen molar-refractivity contribution in [1.29, 1.82) is 0 Å². The van der Waals surface area contributed by atoms with Crippen LogP contribution in [0.25, 0.3) is 22.0 Å². The molecule has 0 unspecified atom stereocenters. The number of amides is 1. The molecule has 0 bridgehead atoms. The molecule has 4 aromatic rings. The van der Waals surface area contributed by atoms with Crippen molar-refractivity contribution < 1.29 is 13.2 Å². The molecule has 1 amide bonds. The molecular formula is C26H29N7O3S. The van der Waals surface area contributed by atoms with Gasteiger partial charge >= 0.3 is 0 Å². The van der Waals surface area contributed by atoms with Gasteiger partial charge in [-0.3, -0.25) is 19.9 Å². The van der Waals surface area contributed by atoms with E-state index in [-0.39, 0.29) is 22.9 Å². The Morgan fingerprint density at radius 3 is 2.59 bits per heavy atom. The first kappa shape index (κ1) is 24.8. The maximum absolute atomic E-state index is 13.4. The van der Waals surface area contributed by atoms with Gasteiger partial charge in [0, 0.05) is 60.9 Å². The van der Waals surface area contributed by atoms with Crippen molar-refractivity contribution in [3.8, 4) is 11.1 Å². The highest BCUT2D eigenvalue weighted by Crippen LogP contribution is 2.31. The quantitative estimate of drug-likeness (QED) is 0.341. The van der Waals surface area contributed by atoms with Gasteiger partial charge in [0.1, 0.15) is 4.90 Å². The van der Waals surface area contributed by atoms with Crippen LogP contribution in [0.2, 0.25) is 0 Å². The minimum Gasteiger partial charge on any atom is -0.382 e. The zero-order chi connectivity index (χ0) is 26.0. The molecule has 1 fully saturated rings. The fourth-order valence-electron chi connectivity index (χ4n) is 4.55. The van der Waals surface area contributed by atoms with Gasteiger partial charge in [0.25, 0.3) is 5.91 Å². The fraction of sp³-hybridized carbons (Fsp3) is 0.308. The summed E-state index contributed by atoms with van der Waals surface area (Å²) in [6.07, 6.45) is 9.11. The van der Waals surface area contributed by atoms with Crippen LogP contribution in [0.4, 0.5) is 5.69 Å². The molecule has 0 saturated carbocycles. The van der Waals surface area contributed by atoms with Gasteiger partial charge in [-0.05, 0) is 56.5 Å². The molecule has 0 aliphatic carbocycles. The molecule has 11 heteroatoms. The first-order chi connectivity index (χ1) is 17.8. The molecule has 0 atom stereocenters. The standard InChI is InChI=1S/C26H29N7O3S/c1-17(2)31-25-22-12-18(19-13-29-30-14-19)5-6-24(22)28-16-23(25)26(34)32-20-7-10-33(11-8-20)37(35,36)21-4-3-9-27-15-21/h3-6,9,12-17,20H,7-8,10-11H2,1-2H3,(H,28,31)(H,29,30)(H,32,34). The number of fused-ring (bicyclic) bond motifs is 1. The average molecular weight is 520 g/mol. The number of benzene rings is 1. The van der Waals surface area contributed by atoms with Gasteiger partial charge in [-0.15, -0.1) is 0 Å². The third kappa shape index (κ3) is 5.18. The summed E-state index contributed by atoms with van der Waals surface area (Å²) in [7, 11) is -3.60. The van der Waals surface area contributed by atoms with Crippen molar-refractivity contribution in [2.45, 2.75) is 43.7 Å². The summed E-state index contributed by atoms with van der Waals surface area (Å²) in [5.74, 6) is -0.236. The molecule has 10 nitrogen and oxygen atoms in total. The van der Waals surface area contributed by atoms with E-state index in [9.17, 15) is 13.2 Å². The monoisotopic (exact) mass is 519 g/mol. The Balaban J connectivity index is 1.36. The van der Waals surface area contributed by atoms with Crippen LogP contribution in [0.5, 0.6) is 0 Å². The molecule has 1 aliphatic rings. The third-order valence-electron chi connectivity index (χ3n) is 6.44. The van der Waals surface area contributed by atoms with Crippen molar-refractivity contribution in [3.05, 3.63) is 66.9 Å². The van der Waals surface area contributed by atoms with E-state index in [1.807, 2.05) is 38.2 Å². The number of anilines is 1. The molecule has 5 rings (SSSR count). The molecule has 0 radical (unpaired) electrons. The van der Waals surface area contributed by atoms with Crippen LogP contribution in [0.3, 0.4) is 0 Å². The largest absolute Gasteiger partial charge is 0.382 e. The molecule has 1 aliphatic heterocycles. The summed E-state index contributed by atoms with van der Waals surface area (Å²) in [5, 5.41) is 14.2. The smallest absolute Gasteiger partial charge is 0.255 e. The molecule has 4 heterocycles. The number of hydrogen-bond donors (Lipinski definition) is 3. The van der Waals surface area contributed by atoms with Gasteiger partial charge in [0.2, 0.25) is 10.0 Å². The Bertz CT molecular complexity index is 1500. The van der Waals surface area contributed by atoms with E-state index >= 15 is 0 Å². The summed E-state index contributed by atoms with van der Waals surface area (Å²) < 4.78 is 27.2. The predicted molar refractivity (Wildman–Crippen MR) is 142 cm³/mol. The number of aromatic nitrogens is 4. The number of sulfonamides is 1. The Hall–Kier alpha value is -3.83. The van der Waals surface area contributed by atoms with Gasteiger partial charge < -0.3 is 10.6 Å². The van der Waals surface area contributed by atoms with E-state index in [1.54, 1.807) is 30.7 Å².